The molecule has 0 aliphatic carbocycles. The highest BCUT2D eigenvalue weighted by Crippen LogP contribution is 2.16. The Morgan fingerprint density at radius 1 is 0.879 bits per heavy atom. The topological polar surface area (TPSA) is 54.4 Å². The standard InChI is InChI=1S/C27H31N3O3/c1-5-28-14-10-24(11-15-28)25-12-16-29(17-13-25)18-19-30(22(4)31)20-23-6-8-26(9-7-23)33-27(32)21(2)3/h6-17H,2,5,18-20H2,1,3-4H3/q+2. The SMILES string of the molecule is C=C(C)C(=O)Oc1ccc(CN(CC[n+]2ccc(-c3cc[n+](CC)cc3)cc2)C(C)=O)cc1. The second kappa shape index (κ2) is 11.2. The molecule has 1 amide bonds. The van der Waals surface area contributed by atoms with Crippen LogP contribution < -0.4 is 13.9 Å². The van der Waals surface area contributed by atoms with Gasteiger partial charge in [-0.1, -0.05) is 18.7 Å². The Hall–Kier alpha value is -3.80. The third-order valence-corrected chi connectivity index (χ3v) is 5.41. The molecule has 0 aliphatic rings. The van der Waals surface area contributed by atoms with Crippen molar-refractivity contribution in [2.75, 3.05) is 6.54 Å². The van der Waals surface area contributed by atoms with E-state index in [1.54, 1.807) is 30.9 Å². The molecule has 0 aliphatic heterocycles. The summed E-state index contributed by atoms with van der Waals surface area (Å²) in [5, 5.41) is 0. The third-order valence-electron chi connectivity index (χ3n) is 5.41. The van der Waals surface area contributed by atoms with Crippen LogP contribution in [-0.4, -0.2) is 23.3 Å². The smallest absolute Gasteiger partial charge is 0.338 e. The molecule has 0 saturated heterocycles. The number of rotatable bonds is 9. The molecule has 2 heterocycles. The zero-order valence-electron chi connectivity index (χ0n) is 19.5. The monoisotopic (exact) mass is 445 g/mol. The van der Waals surface area contributed by atoms with E-state index >= 15 is 0 Å². The van der Waals surface area contributed by atoms with Crippen LogP contribution in [0.4, 0.5) is 0 Å². The van der Waals surface area contributed by atoms with Gasteiger partial charge < -0.3 is 9.64 Å². The van der Waals surface area contributed by atoms with Gasteiger partial charge in [-0.15, -0.1) is 0 Å². The van der Waals surface area contributed by atoms with Crippen molar-refractivity contribution in [1.82, 2.24) is 4.90 Å². The first-order chi connectivity index (χ1) is 15.9. The lowest BCUT2D eigenvalue weighted by molar-refractivity contribution is -0.696. The lowest BCUT2D eigenvalue weighted by atomic mass is 10.1. The number of aromatic nitrogens is 2. The normalized spacial score (nSPS) is 10.5. The molecule has 6 nitrogen and oxygen atoms in total. The van der Waals surface area contributed by atoms with Gasteiger partial charge in [0.05, 0.1) is 6.54 Å². The molecule has 3 rings (SSSR count). The summed E-state index contributed by atoms with van der Waals surface area (Å²) >= 11 is 0. The maximum atomic E-state index is 12.2. The molecule has 0 atom stereocenters. The van der Waals surface area contributed by atoms with Crippen LogP contribution in [0.15, 0.2) is 85.5 Å². The van der Waals surface area contributed by atoms with Crippen LogP contribution in [0.25, 0.3) is 11.1 Å². The summed E-state index contributed by atoms with van der Waals surface area (Å²) in [5.74, 6) is 0.0197. The molecule has 6 heteroatoms. The molecule has 3 aromatic rings. The number of aryl methyl sites for hydroxylation is 1. The predicted molar refractivity (Wildman–Crippen MR) is 126 cm³/mol. The van der Waals surface area contributed by atoms with Gasteiger partial charge in [0.2, 0.25) is 5.91 Å². The maximum absolute atomic E-state index is 12.2. The summed E-state index contributed by atoms with van der Waals surface area (Å²) in [6, 6.07) is 15.6. The van der Waals surface area contributed by atoms with Gasteiger partial charge in [0.15, 0.2) is 31.3 Å². The van der Waals surface area contributed by atoms with Crippen LogP contribution in [0.1, 0.15) is 26.3 Å². The first-order valence-corrected chi connectivity index (χ1v) is 11.1. The van der Waals surface area contributed by atoms with E-state index in [2.05, 4.69) is 59.3 Å². The Morgan fingerprint density at radius 2 is 1.42 bits per heavy atom. The first kappa shape index (κ1) is 23.9. The summed E-state index contributed by atoms with van der Waals surface area (Å²) in [7, 11) is 0. The quantitative estimate of drug-likeness (QED) is 0.219. The number of ether oxygens (including phenoxy) is 1. The lowest BCUT2D eigenvalue weighted by Crippen LogP contribution is -2.41. The van der Waals surface area contributed by atoms with Crippen molar-refractivity contribution in [2.24, 2.45) is 0 Å². The van der Waals surface area contributed by atoms with E-state index in [1.807, 2.05) is 24.5 Å². The Balaban J connectivity index is 1.58. The number of carbonyl (C=O) groups excluding carboxylic acids is 2. The van der Waals surface area contributed by atoms with Gasteiger partial charge in [-0.3, -0.25) is 4.79 Å². The molecule has 0 unspecified atom stereocenters. The minimum absolute atomic E-state index is 0.0125. The number of hydrogen-bond donors (Lipinski definition) is 0. The number of pyridine rings is 2. The Kier molecular flexibility index (Phi) is 8.08. The molecule has 0 saturated carbocycles. The fourth-order valence-corrected chi connectivity index (χ4v) is 3.32. The van der Waals surface area contributed by atoms with Crippen LogP contribution in [-0.2, 0) is 29.2 Å². The van der Waals surface area contributed by atoms with Crippen molar-refractivity contribution in [3.8, 4) is 16.9 Å². The summed E-state index contributed by atoms with van der Waals surface area (Å²) in [4.78, 5) is 25.6. The van der Waals surface area contributed by atoms with Gasteiger partial charge in [-0.25, -0.2) is 13.9 Å². The van der Waals surface area contributed by atoms with Gasteiger partial charge in [-0.2, -0.15) is 0 Å². The highest BCUT2D eigenvalue weighted by Gasteiger charge is 2.13. The fraction of sp³-hybridized carbons (Fsp3) is 0.259. The van der Waals surface area contributed by atoms with Gasteiger partial charge >= 0.3 is 5.97 Å². The van der Waals surface area contributed by atoms with E-state index in [0.29, 0.717) is 31.0 Å². The Labute approximate surface area is 195 Å². The Morgan fingerprint density at radius 3 is 1.91 bits per heavy atom. The van der Waals surface area contributed by atoms with Crippen molar-refractivity contribution >= 4 is 11.9 Å². The lowest BCUT2D eigenvalue weighted by Gasteiger charge is -2.19. The largest absolute Gasteiger partial charge is 0.423 e. The van der Waals surface area contributed by atoms with E-state index in [0.717, 1.165) is 17.7 Å². The molecular weight excluding hydrogens is 414 g/mol. The molecular formula is C27H31N3O3+2. The minimum atomic E-state index is -0.451. The Bertz CT molecular complexity index is 1100. The zero-order chi connectivity index (χ0) is 23.8. The molecule has 33 heavy (non-hydrogen) atoms. The van der Waals surface area contributed by atoms with Gasteiger partial charge in [-0.05, 0) is 42.7 Å². The summed E-state index contributed by atoms with van der Waals surface area (Å²) in [6.45, 7) is 11.6. The van der Waals surface area contributed by atoms with Gasteiger partial charge in [0.25, 0.3) is 0 Å². The highest BCUT2D eigenvalue weighted by molar-refractivity contribution is 5.88. The van der Waals surface area contributed by atoms with Gasteiger partial charge in [0, 0.05) is 43.3 Å². The first-order valence-electron chi connectivity index (χ1n) is 11.1. The highest BCUT2D eigenvalue weighted by atomic mass is 16.5. The molecule has 0 radical (unpaired) electrons. The summed E-state index contributed by atoms with van der Waals surface area (Å²) < 4.78 is 9.43. The second-order valence-corrected chi connectivity index (χ2v) is 8.00. The predicted octanol–water partition coefficient (Wildman–Crippen LogP) is 3.48. The van der Waals surface area contributed by atoms with E-state index < -0.39 is 5.97 Å². The van der Waals surface area contributed by atoms with Crippen LogP contribution in [0.5, 0.6) is 5.75 Å². The van der Waals surface area contributed by atoms with Crippen molar-refractivity contribution in [3.05, 3.63) is 91.0 Å². The van der Waals surface area contributed by atoms with E-state index in [9.17, 15) is 9.59 Å². The molecule has 0 N–H and O–H groups in total. The summed E-state index contributed by atoms with van der Waals surface area (Å²) in [6.07, 6.45) is 8.24. The number of amides is 1. The number of esters is 1. The minimum Gasteiger partial charge on any atom is -0.423 e. The number of nitrogens with zero attached hydrogens (tertiary/aromatic N) is 3. The average Bonchev–Trinajstić information content (AvgIpc) is 2.83. The maximum Gasteiger partial charge on any atom is 0.338 e. The number of hydrogen-bond acceptors (Lipinski definition) is 3. The van der Waals surface area contributed by atoms with E-state index in [-0.39, 0.29) is 5.91 Å². The molecule has 0 bridgehead atoms. The zero-order valence-corrected chi connectivity index (χ0v) is 19.5. The van der Waals surface area contributed by atoms with Gasteiger partial charge in [0.1, 0.15) is 12.3 Å². The third kappa shape index (κ3) is 6.84. The molecule has 0 fully saturated rings. The van der Waals surface area contributed by atoms with Crippen LogP contribution in [0.2, 0.25) is 0 Å². The van der Waals surface area contributed by atoms with Crippen LogP contribution in [0, 0.1) is 0 Å². The van der Waals surface area contributed by atoms with Crippen molar-refractivity contribution < 1.29 is 23.5 Å². The molecule has 0 spiro atoms. The van der Waals surface area contributed by atoms with E-state index in [4.69, 9.17) is 4.74 Å². The van der Waals surface area contributed by atoms with Crippen LogP contribution in [0.3, 0.4) is 0 Å². The summed E-state index contributed by atoms with van der Waals surface area (Å²) in [5.41, 5.74) is 3.65. The van der Waals surface area contributed by atoms with Crippen molar-refractivity contribution in [2.45, 2.75) is 40.4 Å². The molecule has 2 aromatic heterocycles. The fourth-order valence-electron chi connectivity index (χ4n) is 3.32. The van der Waals surface area contributed by atoms with Crippen molar-refractivity contribution in [1.29, 1.82) is 0 Å². The number of carbonyl (C=O) groups is 2. The second-order valence-electron chi connectivity index (χ2n) is 8.00. The average molecular weight is 446 g/mol. The molecule has 1 aromatic carbocycles. The van der Waals surface area contributed by atoms with Crippen LogP contribution >= 0.6 is 0 Å². The van der Waals surface area contributed by atoms with Crippen molar-refractivity contribution in [3.63, 3.8) is 0 Å². The molecule has 170 valence electrons. The number of benzene rings is 1. The van der Waals surface area contributed by atoms with E-state index in [1.165, 1.54) is 5.56 Å².